The number of nitrogens with one attached hydrogen (secondary N) is 1. The van der Waals surface area contributed by atoms with Gasteiger partial charge in [-0.2, -0.15) is 0 Å². The van der Waals surface area contributed by atoms with Crippen molar-refractivity contribution >= 4 is 42.4 Å². The lowest BCUT2D eigenvalue weighted by Crippen LogP contribution is -2.50. The minimum Gasteiger partial charge on any atom is -0.360 e. The number of nitrogens with zero attached hydrogens (tertiary/aromatic N) is 3. The van der Waals surface area contributed by atoms with E-state index in [-0.39, 0.29) is 36.6 Å². The largest absolute Gasteiger partial charge is 0.360 e. The van der Waals surface area contributed by atoms with Crippen LogP contribution in [0.4, 0.5) is 5.82 Å². The molecule has 0 saturated carbocycles. The van der Waals surface area contributed by atoms with Crippen LogP contribution in [0.5, 0.6) is 0 Å². The van der Waals surface area contributed by atoms with Gasteiger partial charge in [-0.05, 0) is 26.3 Å². The van der Waals surface area contributed by atoms with Gasteiger partial charge in [-0.1, -0.05) is 18.0 Å². The lowest BCUT2D eigenvalue weighted by Gasteiger charge is -2.34. The van der Waals surface area contributed by atoms with Gasteiger partial charge in [-0.15, -0.1) is 24.8 Å². The lowest BCUT2D eigenvalue weighted by molar-refractivity contribution is -0.133. The molecule has 1 aromatic rings. The van der Waals surface area contributed by atoms with E-state index < -0.39 is 0 Å². The summed E-state index contributed by atoms with van der Waals surface area (Å²) in [5, 5.41) is 6.46. The molecule has 27 heavy (non-hydrogen) atoms. The molecule has 3 N–H and O–H groups in total. The van der Waals surface area contributed by atoms with Crippen LogP contribution in [0.15, 0.2) is 10.6 Å². The first-order valence-electron chi connectivity index (χ1n) is 9.02. The number of halogens is 2. The molecular formula is C17H31Cl2N5O3. The second-order valence-electron chi connectivity index (χ2n) is 6.48. The number of unbranched alkanes of at least 4 members (excludes halogenated alkanes) is 3. The van der Waals surface area contributed by atoms with E-state index in [1.165, 1.54) is 0 Å². The summed E-state index contributed by atoms with van der Waals surface area (Å²) in [7, 11) is 0. The first kappa shape index (κ1) is 25.6. The first-order valence-corrected chi connectivity index (χ1v) is 9.02. The Balaban J connectivity index is 0.00000338. The maximum Gasteiger partial charge on any atom is 0.239 e. The second-order valence-corrected chi connectivity index (χ2v) is 6.48. The van der Waals surface area contributed by atoms with Crippen LogP contribution in [-0.4, -0.2) is 66.0 Å². The number of hydrogen-bond donors (Lipinski definition) is 2. The molecule has 156 valence electrons. The Labute approximate surface area is 173 Å². The number of aromatic nitrogens is 1. The van der Waals surface area contributed by atoms with Gasteiger partial charge in [-0.25, -0.2) is 0 Å². The molecular weight excluding hydrogens is 393 g/mol. The minimum absolute atomic E-state index is 0. The van der Waals surface area contributed by atoms with Crippen LogP contribution in [0.1, 0.15) is 37.9 Å². The monoisotopic (exact) mass is 423 g/mol. The number of carbonyl (C=O) groups excluding carboxylic acids is 2. The van der Waals surface area contributed by atoms with E-state index in [1.54, 1.807) is 13.0 Å². The Morgan fingerprint density at radius 1 is 1.15 bits per heavy atom. The number of amides is 2. The molecule has 0 spiro atoms. The molecule has 2 amide bonds. The molecule has 0 radical (unpaired) electrons. The molecule has 0 unspecified atom stereocenters. The number of anilines is 1. The third-order valence-electron chi connectivity index (χ3n) is 4.33. The molecule has 1 saturated heterocycles. The summed E-state index contributed by atoms with van der Waals surface area (Å²) in [4.78, 5) is 28.1. The van der Waals surface area contributed by atoms with Crippen molar-refractivity contribution < 1.29 is 14.1 Å². The Kier molecular flexibility index (Phi) is 13.1. The van der Waals surface area contributed by atoms with Crippen LogP contribution >= 0.6 is 24.8 Å². The van der Waals surface area contributed by atoms with Gasteiger partial charge in [0, 0.05) is 38.7 Å². The third-order valence-corrected chi connectivity index (χ3v) is 4.33. The van der Waals surface area contributed by atoms with E-state index in [9.17, 15) is 9.59 Å². The van der Waals surface area contributed by atoms with Crippen LogP contribution in [0.25, 0.3) is 0 Å². The molecule has 2 rings (SSSR count). The van der Waals surface area contributed by atoms with Crippen molar-refractivity contribution in [2.45, 2.75) is 39.0 Å². The van der Waals surface area contributed by atoms with Gasteiger partial charge in [0.25, 0.3) is 0 Å². The number of carbonyl (C=O) groups is 2. The standard InChI is InChI=1S/C17H29N5O3.2ClH/c1-14-12-15(20-25-14)19-16(23)13-21-8-10-22(11-9-21)17(24)6-4-2-3-5-7-18;;/h12H,2-11,13,18H2,1H3,(H,19,20,23);2*1H. The average molecular weight is 424 g/mol. The average Bonchev–Trinajstić information content (AvgIpc) is 2.99. The summed E-state index contributed by atoms with van der Waals surface area (Å²) >= 11 is 0. The molecule has 0 aromatic carbocycles. The molecule has 0 aliphatic carbocycles. The Bertz CT molecular complexity index is 563. The zero-order valence-electron chi connectivity index (χ0n) is 15.8. The normalized spacial score (nSPS) is 14.2. The van der Waals surface area contributed by atoms with Crippen LogP contribution in [0, 0.1) is 6.92 Å². The molecule has 2 heterocycles. The van der Waals surface area contributed by atoms with E-state index in [0.717, 1.165) is 32.2 Å². The van der Waals surface area contributed by atoms with Gasteiger partial charge in [-0.3, -0.25) is 14.5 Å². The Morgan fingerprint density at radius 3 is 2.41 bits per heavy atom. The Hall–Kier alpha value is -1.35. The quantitative estimate of drug-likeness (QED) is 0.586. The molecule has 10 heteroatoms. The maximum atomic E-state index is 12.2. The number of nitrogens with two attached hydrogens (primary N) is 1. The molecule has 0 bridgehead atoms. The fourth-order valence-electron chi connectivity index (χ4n) is 2.90. The van der Waals surface area contributed by atoms with Crippen LogP contribution < -0.4 is 11.1 Å². The summed E-state index contributed by atoms with van der Waals surface area (Å²) in [6, 6.07) is 1.68. The van der Waals surface area contributed by atoms with Gasteiger partial charge in [0.2, 0.25) is 11.8 Å². The zero-order valence-corrected chi connectivity index (χ0v) is 17.4. The van der Waals surface area contributed by atoms with Gasteiger partial charge in [0.1, 0.15) is 5.76 Å². The van der Waals surface area contributed by atoms with E-state index >= 15 is 0 Å². The fourth-order valence-corrected chi connectivity index (χ4v) is 2.90. The van der Waals surface area contributed by atoms with Crippen molar-refractivity contribution in [3.8, 4) is 0 Å². The van der Waals surface area contributed by atoms with Crippen LogP contribution in [0.2, 0.25) is 0 Å². The summed E-state index contributed by atoms with van der Waals surface area (Å²) in [5.74, 6) is 1.19. The third kappa shape index (κ3) is 9.41. The fraction of sp³-hybridized carbons (Fsp3) is 0.706. The highest BCUT2D eigenvalue weighted by Crippen LogP contribution is 2.10. The summed E-state index contributed by atoms with van der Waals surface area (Å²) in [6.45, 7) is 5.58. The van der Waals surface area contributed by atoms with Crippen molar-refractivity contribution in [3.05, 3.63) is 11.8 Å². The number of piperazine rings is 1. The summed E-state index contributed by atoms with van der Waals surface area (Å²) < 4.78 is 4.92. The second kappa shape index (κ2) is 13.8. The van der Waals surface area contributed by atoms with Crippen molar-refractivity contribution in [1.82, 2.24) is 15.0 Å². The summed E-state index contributed by atoms with van der Waals surface area (Å²) in [6.07, 6.45) is 4.72. The smallest absolute Gasteiger partial charge is 0.239 e. The van der Waals surface area contributed by atoms with Crippen molar-refractivity contribution in [2.75, 3.05) is 44.6 Å². The van der Waals surface area contributed by atoms with Gasteiger partial charge in [0.15, 0.2) is 5.82 Å². The number of rotatable bonds is 9. The molecule has 1 aliphatic rings. The topological polar surface area (TPSA) is 105 Å². The van der Waals surface area contributed by atoms with E-state index in [4.69, 9.17) is 10.3 Å². The van der Waals surface area contributed by atoms with Gasteiger partial charge in [0.05, 0.1) is 6.54 Å². The number of aryl methyl sites for hydroxylation is 1. The first-order chi connectivity index (χ1) is 12.1. The predicted octanol–water partition coefficient (Wildman–Crippen LogP) is 1.82. The van der Waals surface area contributed by atoms with E-state index in [2.05, 4.69) is 10.5 Å². The lowest BCUT2D eigenvalue weighted by atomic mass is 10.1. The predicted molar refractivity (Wildman–Crippen MR) is 110 cm³/mol. The van der Waals surface area contributed by atoms with Crippen molar-refractivity contribution in [3.63, 3.8) is 0 Å². The highest BCUT2D eigenvalue weighted by molar-refractivity contribution is 5.91. The van der Waals surface area contributed by atoms with E-state index in [1.807, 2.05) is 9.80 Å². The molecule has 1 aromatic heterocycles. The molecule has 1 aliphatic heterocycles. The van der Waals surface area contributed by atoms with E-state index in [0.29, 0.717) is 50.7 Å². The van der Waals surface area contributed by atoms with Crippen molar-refractivity contribution in [2.24, 2.45) is 5.73 Å². The highest BCUT2D eigenvalue weighted by Gasteiger charge is 2.22. The SMILES string of the molecule is Cc1cc(NC(=O)CN2CCN(C(=O)CCCCCCN)CC2)no1.Cl.Cl. The highest BCUT2D eigenvalue weighted by atomic mass is 35.5. The van der Waals surface area contributed by atoms with Crippen LogP contribution in [-0.2, 0) is 9.59 Å². The zero-order chi connectivity index (χ0) is 18.1. The Morgan fingerprint density at radius 2 is 1.81 bits per heavy atom. The van der Waals surface area contributed by atoms with Crippen LogP contribution in [0.3, 0.4) is 0 Å². The molecule has 1 fully saturated rings. The summed E-state index contributed by atoms with van der Waals surface area (Å²) in [5.41, 5.74) is 5.46. The molecule has 0 atom stereocenters. The maximum absolute atomic E-state index is 12.2. The van der Waals surface area contributed by atoms with Crippen molar-refractivity contribution in [1.29, 1.82) is 0 Å². The number of hydrogen-bond acceptors (Lipinski definition) is 6. The minimum atomic E-state index is -0.118. The van der Waals surface area contributed by atoms with Gasteiger partial charge < -0.3 is 20.5 Å². The van der Waals surface area contributed by atoms with Gasteiger partial charge >= 0.3 is 0 Å². The molecule has 8 nitrogen and oxygen atoms in total.